The van der Waals surface area contributed by atoms with Crippen LogP contribution >= 0.6 is 0 Å². The maximum atomic E-state index is 14.1. The molecule has 3 aliphatic carbocycles. The summed E-state index contributed by atoms with van der Waals surface area (Å²) in [6, 6.07) is -3.46. The number of carbonyl (C=O) groups is 9. The van der Waals surface area contributed by atoms with Crippen molar-refractivity contribution in [2.75, 3.05) is 39.9 Å². The number of ketones is 3. The van der Waals surface area contributed by atoms with Gasteiger partial charge in [0.25, 0.3) is 5.91 Å². The van der Waals surface area contributed by atoms with Crippen molar-refractivity contribution >= 4 is 58.5 Å². The fourth-order valence-electron chi connectivity index (χ4n) is 9.40. The number of hydrazone groups is 1. The molecule has 13 N–H and O–H groups in total. The number of likely N-dealkylation sites (tertiary alicyclic amines) is 1. The number of Topliss-reactive ketones (excluding diaryl/α,β-unsaturated/α-hetero) is 3. The monoisotopic (exact) mass is 1010 g/mol. The number of allylic oxidation sites excluding steroid dienone is 4. The number of nitrogens with zero attached hydrogens (tertiary/aromatic N) is 2. The lowest BCUT2D eigenvalue weighted by Crippen LogP contribution is -2.54. The van der Waals surface area contributed by atoms with E-state index in [1.807, 2.05) is 0 Å². The van der Waals surface area contributed by atoms with Crippen LogP contribution in [0.15, 0.2) is 29.1 Å². The van der Waals surface area contributed by atoms with Crippen LogP contribution < -0.4 is 32.4 Å². The summed E-state index contributed by atoms with van der Waals surface area (Å²) in [5, 5.41) is 80.1. The largest absolute Gasteiger partial charge is 0.507 e. The number of phenols is 2. The number of ether oxygens (including phenoxy) is 3. The van der Waals surface area contributed by atoms with E-state index in [0.717, 1.165) is 11.8 Å². The molecule has 2 heterocycles. The number of β-amino-alcohol motifs (C(OH)–C–C–N with tert-alkyl or cyclic N) is 1. The number of carbonyl (C=O) groups excluding carboxylic acids is 9. The molecule has 1 aromatic rings. The van der Waals surface area contributed by atoms with Crippen LogP contribution in [0.3, 0.4) is 0 Å². The molecular formula is C46H62N8O18. The maximum Gasteiger partial charge on any atom is 0.259 e. The van der Waals surface area contributed by atoms with Crippen molar-refractivity contribution in [2.24, 2.45) is 22.7 Å². The summed E-state index contributed by atoms with van der Waals surface area (Å²) in [5.41, 5.74) is 3.86. The van der Waals surface area contributed by atoms with Crippen LogP contribution in [0.25, 0.3) is 0 Å². The molecule has 26 nitrogen and oxygen atoms in total. The Kier molecular flexibility index (Phi) is 18.2. The smallest absolute Gasteiger partial charge is 0.259 e. The first-order valence-electron chi connectivity index (χ1n) is 22.6. The van der Waals surface area contributed by atoms with Crippen LogP contribution in [-0.2, 0) is 54.2 Å². The standard InChI is InChI=1S/C45H58N8O18.CH4/c1-18(55)26-8-21(57)16-53(26)44(67)25(50-32(60)14-47-20(3)56)10-30(58)48-13-31(59)49-15-33(61)52-51-29(17-54)45(68)11-23-36(28(12-45)71-34-9-24(46)39(62)19(2)70-34)43(66)38-37(41(23)64)40(63)22-6-5-7-27(69-4)35(22)42(38)65;/h5-7,19,21-22,24-26,28,34-35,39,54,57,62,64,66,68H,8-17,46H2,1-4H3,(H,47,56)(H,48,58)(H,49,59)(H,50,60)(H,52,61);1H4/t19?,21?,22?,24-,25?,26?,28+,34?,35?,39-,45+;/m1./s1. The predicted octanol–water partition coefficient (Wildman–Crippen LogP) is -3.74. The van der Waals surface area contributed by atoms with Gasteiger partial charge in [-0.1, -0.05) is 19.6 Å². The van der Waals surface area contributed by atoms with E-state index in [2.05, 4.69) is 31.8 Å². The summed E-state index contributed by atoms with van der Waals surface area (Å²) in [4.78, 5) is 117. The van der Waals surface area contributed by atoms with Crippen molar-refractivity contribution in [1.29, 1.82) is 0 Å². The van der Waals surface area contributed by atoms with Gasteiger partial charge in [-0.3, -0.25) is 43.2 Å². The third-order valence-electron chi connectivity index (χ3n) is 13.0. The Labute approximate surface area is 412 Å². The van der Waals surface area contributed by atoms with Gasteiger partial charge in [0.15, 0.2) is 23.6 Å². The van der Waals surface area contributed by atoms with E-state index in [1.54, 1.807) is 0 Å². The SMILES string of the molecule is C.COC1=CC=CC2C(=O)c3c(O)c4c(c(O)c3C(=O)C12)[C@@H](OC1C[C@@H](N)[C@H](O)C(C)O1)C[C@](O)(C(CO)=NNC(=O)CNC(=O)CNC(=O)CC(NC(=O)CNC(C)=O)C(=O)N1CC(O)CC1C(C)=O)C4. The van der Waals surface area contributed by atoms with Gasteiger partial charge in [0.05, 0.1) is 98.9 Å². The molecule has 0 saturated carbocycles. The molecule has 0 bridgehead atoms. The summed E-state index contributed by atoms with van der Waals surface area (Å²) < 4.78 is 17.5. The zero-order valence-corrected chi connectivity index (χ0v) is 39.1. The highest BCUT2D eigenvalue weighted by Crippen LogP contribution is 2.53. The van der Waals surface area contributed by atoms with Gasteiger partial charge < -0.3 is 76.8 Å². The van der Waals surface area contributed by atoms with Crippen molar-refractivity contribution in [3.63, 3.8) is 0 Å². The van der Waals surface area contributed by atoms with E-state index in [4.69, 9.17) is 19.9 Å². The lowest BCUT2D eigenvalue weighted by Gasteiger charge is -2.43. The van der Waals surface area contributed by atoms with Gasteiger partial charge in [0.2, 0.25) is 29.5 Å². The normalized spacial score (nSPS) is 27.9. The molecule has 7 unspecified atom stereocenters. The number of hydrogen-bond acceptors (Lipinski definition) is 20. The van der Waals surface area contributed by atoms with Gasteiger partial charge in [-0.25, -0.2) is 5.43 Å². The van der Waals surface area contributed by atoms with E-state index in [-0.39, 0.29) is 43.7 Å². The molecular weight excluding hydrogens is 953 g/mol. The fourth-order valence-corrected chi connectivity index (χ4v) is 9.40. The Morgan fingerprint density at radius 3 is 2.24 bits per heavy atom. The number of aliphatic hydroxyl groups excluding tert-OH is 3. The minimum absolute atomic E-state index is 0. The molecule has 2 aliphatic heterocycles. The lowest BCUT2D eigenvalue weighted by molar-refractivity contribution is -0.245. The van der Waals surface area contributed by atoms with Crippen LogP contribution in [-0.4, -0.2) is 182 Å². The molecule has 6 rings (SSSR count). The molecule has 0 aromatic heterocycles. The number of rotatable bonds is 17. The number of aromatic hydroxyl groups is 2. The molecule has 5 aliphatic rings. The number of nitrogens with two attached hydrogens (primary N) is 1. The van der Waals surface area contributed by atoms with E-state index in [9.17, 15) is 73.8 Å². The summed E-state index contributed by atoms with van der Waals surface area (Å²) in [6.45, 7) is 0.502. The van der Waals surface area contributed by atoms with Crippen LogP contribution in [0.1, 0.15) is 91.8 Å². The number of hydrogen-bond donors (Lipinski definition) is 12. The molecule has 72 heavy (non-hydrogen) atoms. The second-order valence-corrected chi connectivity index (χ2v) is 18.0. The van der Waals surface area contributed by atoms with E-state index in [1.165, 1.54) is 39.2 Å². The number of amides is 6. The van der Waals surface area contributed by atoms with Crippen molar-refractivity contribution in [3.05, 3.63) is 46.2 Å². The van der Waals surface area contributed by atoms with Gasteiger partial charge in [-0.2, -0.15) is 5.10 Å². The Balaban J connectivity index is 0.00000963. The summed E-state index contributed by atoms with van der Waals surface area (Å²) in [5.74, 6) is -10.8. The number of methoxy groups -OCH3 is 1. The van der Waals surface area contributed by atoms with Gasteiger partial charge >= 0.3 is 0 Å². The average Bonchev–Trinajstić information content (AvgIpc) is 3.72. The predicted molar refractivity (Wildman–Crippen MR) is 247 cm³/mol. The molecule has 26 heteroatoms. The van der Waals surface area contributed by atoms with Crippen molar-refractivity contribution in [2.45, 2.75) is 115 Å². The molecule has 2 fully saturated rings. The third kappa shape index (κ3) is 12.0. The van der Waals surface area contributed by atoms with Gasteiger partial charge in [0.1, 0.15) is 28.9 Å². The quantitative estimate of drug-likeness (QED) is 0.0405. The zero-order valence-electron chi connectivity index (χ0n) is 39.1. The zero-order chi connectivity index (χ0) is 52.2. The Morgan fingerprint density at radius 1 is 0.944 bits per heavy atom. The molecule has 1 aromatic carbocycles. The molecule has 11 atom stereocenters. The Bertz CT molecular complexity index is 2450. The van der Waals surface area contributed by atoms with E-state index in [0.29, 0.717) is 0 Å². The first-order chi connectivity index (χ1) is 33.5. The van der Waals surface area contributed by atoms with E-state index >= 15 is 0 Å². The Morgan fingerprint density at radius 2 is 1.60 bits per heavy atom. The first kappa shape index (κ1) is 56.2. The first-order valence-corrected chi connectivity index (χ1v) is 22.6. The molecule has 0 spiro atoms. The Hall–Kier alpha value is -6.68. The average molecular weight is 1020 g/mol. The second kappa shape index (κ2) is 23.2. The minimum Gasteiger partial charge on any atom is -0.507 e. The third-order valence-corrected chi connectivity index (χ3v) is 13.0. The fraction of sp³-hybridized carbons (Fsp3) is 0.565. The molecule has 394 valence electrons. The van der Waals surface area contributed by atoms with E-state index < -0.39 is 193 Å². The number of nitrogens with one attached hydrogen (secondary N) is 5. The maximum absolute atomic E-state index is 14.1. The van der Waals surface area contributed by atoms with Crippen LogP contribution in [0, 0.1) is 11.8 Å². The summed E-state index contributed by atoms with van der Waals surface area (Å²) in [7, 11) is 1.31. The van der Waals surface area contributed by atoms with Gasteiger partial charge in [-0.05, 0) is 19.9 Å². The topological polar surface area (TPSA) is 404 Å². The van der Waals surface area contributed by atoms with Crippen molar-refractivity contribution in [1.82, 2.24) is 31.6 Å². The van der Waals surface area contributed by atoms with Crippen molar-refractivity contribution < 1.29 is 88.0 Å². The number of benzene rings is 1. The highest BCUT2D eigenvalue weighted by atomic mass is 16.7. The highest BCUT2D eigenvalue weighted by Gasteiger charge is 2.52. The van der Waals surface area contributed by atoms with Crippen LogP contribution in [0.5, 0.6) is 11.5 Å². The number of fused-ring (bicyclic) bond motifs is 3. The summed E-state index contributed by atoms with van der Waals surface area (Å²) in [6.07, 6.45) is -3.38. The van der Waals surface area contributed by atoms with Crippen LogP contribution in [0.2, 0.25) is 0 Å². The number of aliphatic hydroxyl groups is 4. The lowest BCUT2D eigenvalue weighted by atomic mass is 9.67. The molecule has 2 saturated heterocycles. The van der Waals surface area contributed by atoms with Gasteiger partial charge in [-0.15, -0.1) is 0 Å². The van der Waals surface area contributed by atoms with Gasteiger partial charge in [0, 0.05) is 56.3 Å². The second-order valence-electron chi connectivity index (χ2n) is 18.0. The highest BCUT2D eigenvalue weighted by molar-refractivity contribution is 6.21. The number of phenolic OH excluding ortho intramolecular Hbond substituents is 2. The van der Waals surface area contributed by atoms with Crippen LogP contribution in [0.4, 0.5) is 0 Å². The molecule has 6 amide bonds. The minimum atomic E-state index is -2.33. The molecule has 0 radical (unpaired) electrons. The summed E-state index contributed by atoms with van der Waals surface area (Å²) >= 11 is 0. The van der Waals surface area contributed by atoms with Crippen molar-refractivity contribution in [3.8, 4) is 11.5 Å².